The van der Waals surface area contributed by atoms with Crippen LogP contribution in [0.15, 0.2) is 29.3 Å². The van der Waals surface area contributed by atoms with Gasteiger partial charge in [-0.2, -0.15) is 18.3 Å². The van der Waals surface area contributed by atoms with Gasteiger partial charge in [-0.15, -0.1) is 0 Å². The first-order valence-electron chi connectivity index (χ1n) is 9.53. The van der Waals surface area contributed by atoms with Crippen LogP contribution >= 0.6 is 0 Å². The van der Waals surface area contributed by atoms with Crippen molar-refractivity contribution in [3.63, 3.8) is 0 Å². The van der Waals surface area contributed by atoms with Crippen LogP contribution in [0.3, 0.4) is 0 Å². The number of hydrogen-bond donors (Lipinski definition) is 2. The number of fused-ring (bicyclic) bond motifs is 1. The number of hydrogen-bond acceptors (Lipinski definition) is 5. The van der Waals surface area contributed by atoms with Crippen molar-refractivity contribution in [3.8, 4) is 5.75 Å². The molecule has 1 atom stereocenters. The van der Waals surface area contributed by atoms with Crippen molar-refractivity contribution in [1.29, 1.82) is 0 Å². The van der Waals surface area contributed by atoms with Crippen LogP contribution in [-0.2, 0) is 30.9 Å². The smallest absolute Gasteiger partial charge is 0.422 e. The highest BCUT2D eigenvalue weighted by Gasteiger charge is 2.28. The molecular weight excluding hydrogens is 401 g/mol. The maximum Gasteiger partial charge on any atom is 0.422 e. The first-order chi connectivity index (χ1) is 14.4. The Morgan fingerprint density at radius 1 is 1.30 bits per heavy atom. The largest absolute Gasteiger partial charge is 0.484 e. The second kappa shape index (κ2) is 9.79. The molecule has 0 saturated carbocycles. The van der Waals surface area contributed by atoms with Crippen LogP contribution in [0.2, 0.25) is 0 Å². The molecular formula is C19H25F3N6O2. The van der Waals surface area contributed by atoms with Crippen molar-refractivity contribution < 1.29 is 22.6 Å². The molecule has 2 N–H and O–H groups in total. The summed E-state index contributed by atoms with van der Waals surface area (Å²) in [6, 6.07) is 6.62. The Bertz CT molecular complexity index is 851. The van der Waals surface area contributed by atoms with Crippen molar-refractivity contribution in [3.05, 3.63) is 41.5 Å². The van der Waals surface area contributed by atoms with Gasteiger partial charge < -0.3 is 20.1 Å². The number of benzene rings is 1. The van der Waals surface area contributed by atoms with Gasteiger partial charge in [0.1, 0.15) is 18.2 Å². The molecule has 30 heavy (non-hydrogen) atoms. The third-order valence-corrected chi connectivity index (χ3v) is 4.53. The Kier molecular flexibility index (Phi) is 7.14. The lowest BCUT2D eigenvalue weighted by Crippen LogP contribution is -2.46. The number of nitrogens with one attached hydrogen (secondary N) is 2. The minimum atomic E-state index is -4.35. The van der Waals surface area contributed by atoms with Gasteiger partial charge in [0.15, 0.2) is 18.4 Å². The number of rotatable bonds is 7. The quantitative estimate of drug-likeness (QED) is 0.521. The molecule has 8 nitrogen and oxygen atoms in total. The number of alkyl halides is 3. The summed E-state index contributed by atoms with van der Waals surface area (Å²) in [6.45, 7) is 0.237. The summed E-state index contributed by atoms with van der Waals surface area (Å²) in [4.78, 5) is 8.71. The highest BCUT2D eigenvalue weighted by atomic mass is 19.4. The highest BCUT2D eigenvalue weighted by molar-refractivity contribution is 5.79. The van der Waals surface area contributed by atoms with E-state index in [1.165, 1.54) is 12.1 Å². The topological polar surface area (TPSA) is 85.6 Å². The Balaban J connectivity index is 1.48. The maximum absolute atomic E-state index is 12.2. The molecule has 2 aromatic rings. The van der Waals surface area contributed by atoms with Crippen LogP contribution in [0.4, 0.5) is 13.2 Å². The molecule has 1 unspecified atom stereocenters. The number of halogens is 3. The fourth-order valence-electron chi connectivity index (χ4n) is 3.11. The summed E-state index contributed by atoms with van der Waals surface area (Å²) < 4.78 is 48.3. The summed E-state index contributed by atoms with van der Waals surface area (Å²) in [5, 5.41) is 11.0. The van der Waals surface area contributed by atoms with Crippen LogP contribution in [0.5, 0.6) is 5.75 Å². The fraction of sp³-hybridized carbons (Fsp3) is 0.526. The third kappa shape index (κ3) is 6.34. The number of ether oxygens (including phenoxy) is 2. The molecule has 0 spiro atoms. The minimum Gasteiger partial charge on any atom is -0.484 e. The average Bonchev–Trinajstić information content (AvgIpc) is 3.11. The SMILES string of the molecule is CN=C(NCc1ccc(OCC(F)(F)F)cc1)NC1CCc2nc(COC)nn2C1. The van der Waals surface area contributed by atoms with Gasteiger partial charge in [0.25, 0.3) is 0 Å². The lowest BCUT2D eigenvalue weighted by molar-refractivity contribution is -0.153. The standard InChI is InChI=1S/C19H25F3N6O2/c1-23-18(24-9-13-3-6-15(7-4-13)30-12-19(20,21)22)25-14-5-8-17-26-16(11-29-2)27-28(17)10-14/h3-4,6-7,14H,5,8-12H2,1-2H3,(H2,23,24,25). The van der Waals surface area contributed by atoms with Gasteiger partial charge in [0, 0.05) is 33.2 Å². The number of aromatic nitrogens is 3. The normalized spacial score (nSPS) is 16.8. The molecule has 0 radical (unpaired) electrons. The van der Waals surface area contributed by atoms with E-state index in [9.17, 15) is 13.2 Å². The highest BCUT2D eigenvalue weighted by Crippen LogP contribution is 2.19. The Morgan fingerprint density at radius 2 is 2.07 bits per heavy atom. The van der Waals surface area contributed by atoms with E-state index in [2.05, 4.69) is 25.7 Å². The molecule has 11 heteroatoms. The number of aliphatic imine (C=N–C) groups is 1. The second-order valence-corrected chi connectivity index (χ2v) is 6.91. The predicted molar refractivity (Wildman–Crippen MR) is 104 cm³/mol. The van der Waals surface area contributed by atoms with Gasteiger partial charge in [-0.1, -0.05) is 12.1 Å². The number of aryl methyl sites for hydroxylation is 1. The Morgan fingerprint density at radius 3 is 2.73 bits per heavy atom. The molecule has 1 aromatic carbocycles. The summed E-state index contributed by atoms with van der Waals surface area (Å²) >= 11 is 0. The van der Waals surface area contributed by atoms with Gasteiger partial charge in [-0.3, -0.25) is 4.99 Å². The average molecular weight is 426 g/mol. The lowest BCUT2D eigenvalue weighted by Gasteiger charge is -2.25. The van der Waals surface area contributed by atoms with Crippen LogP contribution in [-0.4, -0.2) is 53.7 Å². The molecule has 1 aromatic heterocycles. The molecule has 0 aliphatic carbocycles. The van der Waals surface area contributed by atoms with E-state index in [-0.39, 0.29) is 11.8 Å². The molecule has 0 bridgehead atoms. The summed E-state index contributed by atoms with van der Waals surface area (Å²) in [5.74, 6) is 2.45. The van der Waals surface area contributed by atoms with E-state index < -0.39 is 12.8 Å². The molecule has 1 aliphatic heterocycles. The number of methoxy groups -OCH3 is 1. The van der Waals surface area contributed by atoms with E-state index in [0.717, 1.165) is 24.2 Å². The maximum atomic E-state index is 12.2. The molecule has 2 heterocycles. The van der Waals surface area contributed by atoms with Crippen molar-refractivity contribution in [2.45, 2.75) is 44.8 Å². The van der Waals surface area contributed by atoms with Gasteiger partial charge >= 0.3 is 6.18 Å². The fourth-order valence-corrected chi connectivity index (χ4v) is 3.11. The summed E-state index contributed by atoms with van der Waals surface area (Å²) in [7, 11) is 3.30. The second-order valence-electron chi connectivity index (χ2n) is 6.91. The van der Waals surface area contributed by atoms with Gasteiger partial charge in [-0.05, 0) is 24.1 Å². The zero-order valence-electron chi connectivity index (χ0n) is 16.9. The monoisotopic (exact) mass is 426 g/mol. The van der Waals surface area contributed by atoms with Crippen LogP contribution < -0.4 is 15.4 Å². The zero-order chi connectivity index (χ0) is 21.6. The van der Waals surface area contributed by atoms with E-state index >= 15 is 0 Å². The van der Waals surface area contributed by atoms with Gasteiger partial charge in [0.05, 0.1) is 6.54 Å². The molecule has 0 amide bonds. The van der Waals surface area contributed by atoms with Crippen molar-refractivity contribution in [1.82, 2.24) is 25.4 Å². The van der Waals surface area contributed by atoms with E-state index in [1.807, 2.05) is 4.68 Å². The molecule has 164 valence electrons. The van der Waals surface area contributed by atoms with Crippen molar-refractivity contribution in [2.24, 2.45) is 4.99 Å². The Labute approximate surface area is 172 Å². The third-order valence-electron chi connectivity index (χ3n) is 4.53. The van der Waals surface area contributed by atoms with Crippen LogP contribution in [0, 0.1) is 0 Å². The van der Waals surface area contributed by atoms with Crippen molar-refractivity contribution >= 4 is 5.96 Å². The van der Waals surface area contributed by atoms with E-state index in [1.54, 1.807) is 26.3 Å². The lowest BCUT2D eigenvalue weighted by atomic mass is 10.1. The van der Waals surface area contributed by atoms with Gasteiger partial charge in [-0.25, -0.2) is 9.67 Å². The Hall–Kier alpha value is -2.82. The summed E-state index contributed by atoms with van der Waals surface area (Å²) in [5.41, 5.74) is 0.892. The zero-order valence-corrected chi connectivity index (χ0v) is 16.9. The summed E-state index contributed by atoms with van der Waals surface area (Å²) in [6.07, 6.45) is -2.64. The van der Waals surface area contributed by atoms with Gasteiger partial charge in [0.2, 0.25) is 0 Å². The minimum absolute atomic E-state index is 0.152. The predicted octanol–water partition coefficient (Wildman–Crippen LogP) is 2.05. The molecule has 1 aliphatic rings. The van der Waals surface area contributed by atoms with Crippen LogP contribution in [0.1, 0.15) is 23.6 Å². The van der Waals surface area contributed by atoms with Crippen molar-refractivity contribution in [2.75, 3.05) is 20.8 Å². The first-order valence-corrected chi connectivity index (χ1v) is 9.53. The molecule has 3 rings (SSSR count). The number of nitrogens with zero attached hydrogens (tertiary/aromatic N) is 4. The molecule has 0 saturated heterocycles. The van der Waals surface area contributed by atoms with Crippen LogP contribution in [0.25, 0.3) is 0 Å². The first kappa shape index (κ1) is 21.9. The molecule has 0 fully saturated rings. The van der Waals surface area contributed by atoms with E-state index in [4.69, 9.17) is 9.47 Å². The number of guanidine groups is 1. The van der Waals surface area contributed by atoms with E-state index in [0.29, 0.717) is 31.5 Å².